The van der Waals surface area contributed by atoms with Crippen LogP contribution in [0.25, 0.3) is 0 Å². The van der Waals surface area contributed by atoms with Gasteiger partial charge in [0.15, 0.2) is 0 Å². The van der Waals surface area contributed by atoms with Crippen molar-refractivity contribution in [3.05, 3.63) is 34.6 Å². The molecular formula is C26H41FO. The van der Waals surface area contributed by atoms with Gasteiger partial charge >= 0.3 is 0 Å². The number of rotatable bonds is 8. The minimum absolute atomic E-state index is 0.0708. The molecule has 1 aliphatic carbocycles. The van der Waals surface area contributed by atoms with Crippen LogP contribution in [0.2, 0.25) is 0 Å². The van der Waals surface area contributed by atoms with Gasteiger partial charge in [-0.05, 0) is 80.4 Å². The van der Waals surface area contributed by atoms with Gasteiger partial charge < -0.3 is 4.74 Å². The monoisotopic (exact) mass is 388 g/mol. The van der Waals surface area contributed by atoms with Crippen LogP contribution in [0.5, 0.6) is 0 Å². The molecule has 1 heterocycles. The highest BCUT2D eigenvalue weighted by Crippen LogP contribution is 2.40. The van der Waals surface area contributed by atoms with Gasteiger partial charge in [0.2, 0.25) is 0 Å². The molecule has 2 atom stereocenters. The van der Waals surface area contributed by atoms with Crippen LogP contribution >= 0.6 is 0 Å². The van der Waals surface area contributed by atoms with Crippen LogP contribution in [-0.4, -0.2) is 12.7 Å². The van der Waals surface area contributed by atoms with Gasteiger partial charge in [0.05, 0.1) is 12.7 Å². The molecule has 1 nitrogen and oxygen atoms in total. The molecule has 1 aliphatic heterocycles. The maximum Gasteiger partial charge on any atom is 0.129 e. The van der Waals surface area contributed by atoms with Crippen LogP contribution in [-0.2, 0) is 4.74 Å². The summed E-state index contributed by atoms with van der Waals surface area (Å²) in [6.45, 7) is 7.27. The van der Waals surface area contributed by atoms with Crippen LogP contribution in [0.15, 0.2) is 12.1 Å². The zero-order valence-electron chi connectivity index (χ0n) is 18.4. The molecular weight excluding hydrogens is 347 g/mol. The van der Waals surface area contributed by atoms with E-state index in [9.17, 15) is 0 Å². The Morgan fingerprint density at radius 1 is 0.857 bits per heavy atom. The molecule has 2 aliphatic rings. The van der Waals surface area contributed by atoms with E-state index in [0.717, 1.165) is 49.3 Å². The van der Waals surface area contributed by atoms with E-state index < -0.39 is 0 Å². The van der Waals surface area contributed by atoms with Crippen molar-refractivity contribution in [2.24, 2.45) is 5.92 Å². The SMILES string of the molecule is CCCCCC1CCC(c2ccc(C3CCC(CCC)CC3)c(F)c2C)CO1. The molecule has 0 amide bonds. The van der Waals surface area contributed by atoms with Gasteiger partial charge in [-0.25, -0.2) is 4.39 Å². The highest BCUT2D eigenvalue weighted by Gasteiger charge is 2.28. The summed E-state index contributed by atoms with van der Waals surface area (Å²) in [5.74, 6) is 1.73. The first kappa shape index (κ1) is 21.8. The standard InChI is InChI=1S/C26H41FO/c1-4-6-7-9-23-15-14-22(18-28-23)24-16-17-25(26(27)19(24)3)21-12-10-20(8-5-2)11-13-21/h16-17,20-23H,4-15,18H2,1-3H3. The highest BCUT2D eigenvalue weighted by molar-refractivity contribution is 5.37. The van der Waals surface area contributed by atoms with E-state index >= 15 is 4.39 Å². The molecule has 2 unspecified atom stereocenters. The zero-order valence-corrected chi connectivity index (χ0v) is 18.4. The molecule has 0 N–H and O–H groups in total. The number of unbranched alkanes of at least 4 members (excludes halogenated alkanes) is 2. The minimum Gasteiger partial charge on any atom is -0.378 e. The summed E-state index contributed by atoms with van der Waals surface area (Å²) in [6.07, 6.45) is 15.2. The summed E-state index contributed by atoms with van der Waals surface area (Å²) in [5.41, 5.74) is 3.05. The van der Waals surface area contributed by atoms with Crippen molar-refractivity contribution >= 4 is 0 Å². The predicted molar refractivity (Wildman–Crippen MR) is 117 cm³/mol. The maximum atomic E-state index is 15.3. The lowest BCUT2D eigenvalue weighted by molar-refractivity contribution is -0.00224. The van der Waals surface area contributed by atoms with Crippen molar-refractivity contribution in [1.29, 1.82) is 0 Å². The third-order valence-electron chi connectivity index (χ3n) is 7.38. The van der Waals surface area contributed by atoms with Crippen LogP contribution in [0, 0.1) is 18.7 Å². The molecule has 0 aromatic heterocycles. The van der Waals surface area contributed by atoms with Crippen molar-refractivity contribution < 1.29 is 9.13 Å². The molecule has 2 heteroatoms. The average molecular weight is 389 g/mol. The van der Waals surface area contributed by atoms with Gasteiger partial charge in [0.1, 0.15) is 5.82 Å². The Morgan fingerprint density at radius 2 is 1.57 bits per heavy atom. The van der Waals surface area contributed by atoms with E-state index in [4.69, 9.17) is 4.74 Å². The molecule has 1 saturated heterocycles. The molecule has 1 aromatic carbocycles. The molecule has 3 rings (SSSR count). The Bertz CT molecular complexity index is 595. The molecule has 28 heavy (non-hydrogen) atoms. The van der Waals surface area contributed by atoms with E-state index in [2.05, 4.69) is 26.0 Å². The molecule has 0 spiro atoms. The molecule has 1 aromatic rings. The summed E-state index contributed by atoms with van der Waals surface area (Å²) in [6, 6.07) is 4.33. The second-order valence-corrected chi connectivity index (χ2v) is 9.41. The number of hydrogen-bond donors (Lipinski definition) is 0. The third kappa shape index (κ3) is 5.38. The predicted octanol–water partition coefficient (Wildman–Crippen LogP) is 8.05. The Balaban J connectivity index is 1.59. The van der Waals surface area contributed by atoms with Crippen molar-refractivity contribution in [1.82, 2.24) is 0 Å². The van der Waals surface area contributed by atoms with Crippen molar-refractivity contribution in [3.63, 3.8) is 0 Å². The molecule has 0 bridgehead atoms. The summed E-state index contributed by atoms with van der Waals surface area (Å²) in [5, 5.41) is 0. The lowest BCUT2D eigenvalue weighted by Gasteiger charge is -2.32. The van der Waals surface area contributed by atoms with Gasteiger partial charge in [-0.3, -0.25) is 0 Å². The first-order chi connectivity index (χ1) is 13.6. The summed E-state index contributed by atoms with van der Waals surface area (Å²) in [4.78, 5) is 0. The van der Waals surface area contributed by atoms with Gasteiger partial charge in [0.25, 0.3) is 0 Å². The number of benzene rings is 1. The number of halogens is 1. The van der Waals surface area contributed by atoms with Gasteiger partial charge in [-0.15, -0.1) is 0 Å². The fourth-order valence-corrected chi connectivity index (χ4v) is 5.55. The zero-order chi connectivity index (χ0) is 19.9. The summed E-state index contributed by atoms with van der Waals surface area (Å²) in [7, 11) is 0. The Kier molecular flexibility index (Phi) is 8.38. The average Bonchev–Trinajstić information content (AvgIpc) is 2.72. The quantitative estimate of drug-likeness (QED) is 0.409. The fourth-order valence-electron chi connectivity index (χ4n) is 5.55. The maximum absolute atomic E-state index is 15.3. The van der Waals surface area contributed by atoms with E-state index in [1.807, 2.05) is 6.92 Å². The van der Waals surface area contributed by atoms with Crippen molar-refractivity contribution in [2.75, 3.05) is 6.61 Å². The smallest absolute Gasteiger partial charge is 0.129 e. The molecule has 158 valence electrons. The minimum atomic E-state index is 0.0708. The first-order valence-electron chi connectivity index (χ1n) is 12.0. The summed E-state index contributed by atoms with van der Waals surface area (Å²) < 4.78 is 21.4. The van der Waals surface area contributed by atoms with Gasteiger partial charge in [-0.2, -0.15) is 0 Å². The highest BCUT2D eigenvalue weighted by atomic mass is 19.1. The van der Waals surface area contributed by atoms with Crippen LogP contribution < -0.4 is 0 Å². The largest absolute Gasteiger partial charge is 0.378 e. The second-order valence-electron chi connectivity index (χ2n) is 9.41. The molecule has 2 fully saturated rings. The topological polar surface area (TPSA) is 9.23 Å². The third-order valence-corrected chi connectivity index (χ3v) is 7.38. The van der Waals surface area contributed by atoms with Gasteiger partial charge in [-0.1, -0.05) is 58.1 Å². The normalized spacial score (nSPS) is 28.4. The lowest BCUT2D eigenvalue weighted by Crippen LogP contribution is -2.25. The fraction of sp³-hybridized carbons (Fsp3) is 0.769. The van der Waals surface area contributed by atoms with Crippen LogP contribution in [0.3, 0.4) is 0 Å². The second kappa shape index (κ2) is 10.8. The van der Waals surface area contributed by atoms with Crippen molar-refractivity contribution in [2.45, 2.75) is 116 Å². The number of hydrogen-bond acceptors (Lipinski definition) is 1. The van der Waals surface area contributed by atoms with Gasteiger partial charge in [0, 0.05) is 5.92 Å². The van der Waals surface area contributed by atoms with Crippen LogP contribution in [0.1, 0.15) is 119 Å². The Hall–Kier alpha value is -0.890. The summed E-state index contributed by atoms with van der Waals surface area (Å²) >= 11 is 0. The Morgan fingerprint density at radius 3 is 2.21 bits per heavy atom. The molecule has 0 radical (unpaired) electrons. The van der Waals surface area contributed by atoms with E-state index in [-0.39, 0.29) is 5.82 Å². The van der Waals surface area contributed by atoms with Crippen molar-refractivity contribution in [3.8, 4) is 0 Å². The number of ether oxygens (including phenoxy) is 1. The van der Waals surface area contributed by atoms with E-state index in [0.29, 0.717) is 17.9 Å². The van der Waals surface area contributed by atoms with E-state index in [1.54, 1.807) is 0 Å². The first-order valence-corrected chi connectivity index (χ1v) is 12.0. The molecule has 1 saturated carbocycles. The van der Waals surface area contributed by atoms with Crippen LogP contribution in [0.4, 0.5) is 4.39 Å². The van der Waals surface area contributed by atoms with E-state index in [1.165, 1.54) is 56.9 Å². The lowest BCUT2D eigenvalue weighted by atomic mass is 9.76. The Labute approximate surface area is 172 Å².